The van der Waals surface area contributed by atoms with Gasteiger partial charge in [-0.05, 0) is 29.9 Å². The van der Waals surface area contributed by atoms with Gasteiger partial charge in [-0.15, -0.1) is 0 Å². The quantitative estimate of drug-likeness (QED) is 0.486. The topological polar surface area (TPSA) is 145 Å². The molecular weight excluding hydrogens is 588 g/mol. The Balaban J connectivity index is 0.000000497. The molecule has 2 N–H and O–H groups in total. The van der Waals surface area contributed by atoms with E-state index < -0.39 is 34.1 Å². The number of halogens is 6. The Hall–Kier alpha value is -2.95. The molecule has 41 heavy (non-hydrogen) atoms. The minimum Gasteiger partial charge on any atom is -0.475 e. The molecule has 2 aliphatic heterocycles. The number of fused-ring (bicyclic) bond motifs is 1. The van der Waals surface area contributed by atoms with Crippen LogP contribution in [-0.4, -0.2) is 100 Å². The van der Waals surface area contributed by atoms with Crippen molar-refractivity contribution in [2.45, 2.75) is 70.2 Å². The molecule has 0 bridgehead atoms. The van der Waals surface area contributed by atoms with Crippen LogP contribution < -0.4 is 0 Å². The number of nitrogens with zero attached hydrogens (tertiary/aromatic N) is 3. The van der Waals surface area contributed by atoms with Gasteiger partial charge in [0.15, 0.2) is 9.84 Å². The number of carbonyl (C=O) groups is 3. The fourth-order valence-corrected chi connectivity index (χ4v) is 6.24. The SMILES string of the molecule is CC(C)(C)CC(=O)N1CC[C@@H]2[C@H](CC1)N(Cc1cccnc1)CCS2(=O)=O.O=C(O)C(F)(F)F.O=C(O)C(F)(F)F. The van der Waals surface area contributed by atoms with E-state index in [4.69, 9.17) is 19.8 Å². The summed E-state index contributed by atoms with van der Waals surface area (Å²) in [6, 6.07) is 3.91. The predicted octanol–water partition coefficient (Wildman–Crippen LogP) is 3.37. The third-order valence-electron chi connectivity index (χ3n) is 6.03. The van der Waals surface area contributed by atoms with Crippen LogP contribution in [0.5, 0.6) is 0 Å². The van der Waals surface area contributed by atoms with Crippen LogP contribution in [0.4, 0.5) is 26.3 Å². The lowest BCUT2D eigenvalue weighted by atomic mass is 9.91. The van der Waals surface area contributed by atoms with Gasteiger partial charge in [0.1, 0.15) is 0 Å². The Morgan fingerprint density at radius 1 is 0.951 bits per heavy atom. The van der Waals surface area contributed by atoms with Gasteiger partial charge in [-0.25, -0.2) is 18.0 Å². The molecule has 2 fully saturated rings. The number of hydrogen-bond donors (Lipinski definition) is 2. The van der Waals surface area contributed by atoms with Gasteiger partial charge in [0, 0.05) is 51.0 Å². The molecule has 10 nitrogen and oxygen atoms in total. The van der Waals surface area contributed by atoms with Gasteiger partial charge in [-0.3, -0.25) is 14.7 Å². The van der Waals surface area contributed by atoms with E-state index in [1.165, 1.54) is 0 Å². The van der Waals surface area contributed by atoms with E-state index in [1.54, 1.807) is 6.20 Å². The summed E-state index contributed by atoms with van der Waals surface area (Å²) < 4.78 is 88.9. The van der Waals surface area contributed by atoms with E-state index in [-0.39, 0.29) is 28.4 Å². The third kappa shape index (κ3) is 12.6. The summed E-state index contributed by atoms with van der Waals surface area (Å²) in [6.45, 7) is 8.60. The van der Waals surface area contributed by atoms with Gasteiger partial charge in [0.25, 0.3) is 0 Å². The van der Waals surface area contributed by atoms with Crippen molar-refractivity contribution in [3.05, 3.63) is 30.1 Å². The number of pyridine rings is 1. The summed E-state index contributed by atoms with van der Waals surface area (Å²) in [6.07, 6.45) is -4.84. The van der Waals surface area contributed by atoms with Crippen molar-refractivity contribution in [2.24, 2.45) is 5.41 Å². The second-order valence-corrected chi connectivity index (χ2v) is 12.9. The molecule has 0 aromatic carbocycles. The van der Waals surface area contributed by atoms with Crippen LogP contribution in [0, 0.1) is 5.41 Å². The molecule has 0 saturated carbocycles. The van der Waals surface area contributed by atoms with Crippen molar-refractivity contribution in [3.8, 4) is 0 Å². The molecule has 2 aliphatic rings. The lowest BCUT2D eigenvalue weighted by Crippen LogP contribution is -2.54. The van der Waals surface area contributed by atoms with E-state index in [0.29, 0.717) is 45.4 Å². The van der Waals surface area contributed by atoms with Crippen LogP contribution in [0.3, 0.4) is 0 Å². The minimum absolute atomic E-state index is 0.0311. The van der Waals surface area contributed by atoms with E-state index in [1.807, 2.05) is 23.2 Å². The molecule has 2 atom stereocenters. The van der Waals surface area contributed by atoms with Crippen molar-refractivity contribution in [1.82, 2.24) is 14.8 Å². The monoisotopic (exact) mass is 621 g/mol. The molecule has 234 valence electrons. The molecular formula is C24H33F6N3O7S. The second-order valence-electron chi connectivity index (χ2n) is 10.6. The molecule has 3 heterocycles. The fourth-order valence-electron chi connectivity index (χ4n) is 4.20. The van der Waals surface area contributed by atoms with Crippen molar-refractivity contribution in [3.63, 3.8) is 0 Å². The molecule has 0 unspecified atom stereocenters. The summed E-state index contributed by atoms with van der Waals surface area (Å²) in [5.74, 6) is -5.18. The summed E-state index contributed by atoms with van der Waals surface area (Å²) in [5, 5.41) is 13.9. The molecule has 2 saturated heterocycles. The van der Waals surface area contributed by atoms with Gasteiger partial charge >= 0.3 is 24.3 Å². The van der Waals surface area contributed by atoms with Gasteiger partial charge in [-0.1, -0.05) is 26.8 Å². The van der Waals surface area contributed by atoms with Crippen LogP contribution in [-0.2, 0) is 30.8 Å². The summed E-state index contributed by atoms with van der Waals surface area (Å²) in [4.78, 5) is 38.8. The number of alkyl halides is 6. The number of sulfone groups is 1. The number of carbonyl (C=O) groups excluding carboxylic acids is 1. The zero-order valence-corrected chi connectivity index (χ0v) is 23.4. The van der Waals surface area contributed by atoms with Gasteiger partial charge < -0.3 is 15.1 Å². The number of amides is 1. The Morgan fingerprint density at radius 2 is 1.46 bits per heavy atom. The fraction of sp³-hybridized carbons (Fsp3) is 0.667. The average Bonchev–Trinajstić information content (AvgIpc) is 3.05. The second kappa shape index (κ2) is 14.3. The van der Waals surface area contributed by atoms with Crippen molar-refractivity contribution in [2.75, 3.05) is 25.4 Å². The van der Waals surface area contributed by atoms with E-state index in [0.717, 1.165) is 5.56 Å². The largest absolute Gasteiger partial charge is 0.490 e. The van der Waals surface area contributed by atoms with E-state index in [9.17, 15) is 39.6 Å². The summed E-state index contributed by atoms with van der Waals surface area (Å²) in [7, 11) is -3.11. The molecule has 3 rings (SSSR count). The Kier molecular flexibility index (Phi) is 12.6. The van der Waals surface area contributed by atoms with Gasteiger partial charge in [0.2, 0.25) is 5.91 Å². The molecule has 17 heteroatoms. The van der Waals surface area contributed by atoms with Crippen LogP contribution >= 0.6 is 0 Å². The first-order chi connectivity index (χ1) is 18.5. The van der Waals surface area contributed by atoms with Crippen molar-refractivity contribution in [1.29, 1.82) is 0 Å². The molecule has 0 spiro atoms. The Labute approximate surface area is 233 Å². The first-order valence-corrected chi connectivity index (χ1v) is 14.0. The first kappa shape index (κ1) is 36.1. The third-order valence-corrected chi connectivity index (χ3v) is 8.25. The Bertz CT molecular complexity index is 1120. The lowest BCUT2D eigenvalue weighted by Gasteiger charge is -2.40. The van der Waals surface area contributed by atoms with Crippen LogP contribution in [0.15, 0.2) is 24.5 Å². The zero-order chi connectivity index (χ0) is 31.8. The summed E-state index contributed by atoms with van der Waals surface area (Å²) in [5.41, 5.74) is 1.04. The van der Waals surface area contributed by atoms with Crippen LogP contribution in [0.1, 0.15) is 45.6 Å². The maximum absolute atomic E-state index is 12.7. The number of aliphatic carboxylic acids is 2. The predicted molar refractivity (Wildman–Crippen MR) is 133 cm³/mol. The number of rotatable bonds is 3. The van der Waals surface area contributed by atoms with Crippen molar-refractivity contribution < 1.29 is 59.4 Å². The number of hydrogen-bond acceptors (Lipinski definition) is 7. The molecule has 1 aromatic rings. The Morgan fingerprint density at radius 3 is 1.90 bits per heavy atom. The number of aromatic nitrogens is 1. The standard InChI is InChI=1S/C20H31N3O3S.2C2HF3O2/c1-20(2,3)13-19(24)22-9-6-17-18(7-10-22)27(25,26)12-11-23(17)15-16-5-4-8-21-14-16;2*3-2(4,5)1(6)7/h4-5,8,14,17-18H,6-7,9-13,15H2,1-3H3;2*(H,6,7)/t17-,18+;;/m0../s1. The summed E-state index contributed by atoms with van der Waals surface area (Å²) >= 11 is 0. The highest BCUT2D eigenvalue weighted by Crippen LogP contribution is 2.30. The normalized spacial score (nSPS) is 21.1. The van der Waals surface area contributed by atoms with E-state index >= 15 is 0 Å². The van der Waals surface area contributed by atoms with Crippen LogP contribution in [0.25, 0.3) is 0 Å². The molecule has 0 radical (unpaired) electrons. The molecule has 0 aliphatic carbocycles. The first-order valence-electron chi connectivity index (χ1n) is 12.3. The number of carboxylic acid groups (broad SMARTS) is 2. The zero-order valence-electron chi connectivity index (χ0n) is 22.6. The smallest absolute Gasteiger partial charge is 0.475 e. The average molecular weight is 622 g/mol. The lowest BCUT2D eigenvalue weighted by molar-refractivity contribution is -0.193. The maximum Gasteiger partial charge on any atom is 0.490 e. The van der Waals surface area contributed by atoms with Gasteiger partial charge in [0.05, 0.1) is 11.0 Å². The van der Waals surface area contributed by atoms with Gasteiger partial charge in [-0.2, -0.15) is 26.3 Å². The minimum atomic E-state index is -5.08. The number of likely N-dealkylation sites (tertiary alicyclic amines) is 1. The van der Waals surface area contributed by atoms with E-state index in [2.05, 4.69) is 30.7 Å². The maximum atomic E-state index is 12.7. The molecule has 1 amide bonds. The number of carboxylic acids is 2. The van der Waals surface area contributed by atoms with Crippen LogP contribution in [0.2, 0.25) is 0 Å². The van der Waals surface area contributed by atoms with Crippen molar-refractivity contribution >= 4 is 27.7 Å². The highest BCUT2D eigenvalue weighted by Gasteiger charge is 2.43. The molecule has 1 aromatic heterocycles. The highest BCUT2D eigenvalue weighted by molar-refractivity contribution is 7.92. The highest BCUT2D eigenvalue weighted by atomic mass is 32.2.